The Kier molecular flexibility index (Phi) is 4.22. The van der Waals surface area contributed by atoms with E-state index in [1.165, 1.54) is 6.54 Å². The zero-order chi connectivity index (χ0) is 15.7. The molecule has 2 aliphatic heterocycles. The summed E-state index contributed by atoms with van der Waals surface area (Å²) < 4.78 is 5.27. The first-order valence-electron chi connectivity index (χ1n) is 7.77. The minimum Gasteiger partial charge on any atom is -0.496 e. The van der Waals surface area contributed by atoms with E-state index in [0.717, 1.165) is 31.7 Å². The molecule has 1 amide bonds. The van der Waals surface area contributed by atoms with Gasteiger partial charge >= 0.3 is 0 Å². The lowest BCUT2D eigenvalue weighted by Gasteiger charge is -2.24. The molecule has 2 aliphatic rings. The normalized spacial score (nSPS) is 26.2. The summed E-state index contributed by atoms with van der Waals surface area (Å²) in [4.78, 5) is 17.3. The maximum atomic E-state index is 12.4. The van der Waals surface area contributed by atoms with Crippen LogP contribution in [-0.2, 0) is 0 Å². The fourth-order valence-corrected chi connectivity index (χ4v) is 3.30. The third-order valence-electron chi connectivity index (χ3n) is 4.67. The van der Waals surface area contributed by atoms with Crippen LogP contribution < -0.4 is 15.8 Å². The number of nitrogens with zero attached hydrogens (tertiary/aromatic N) is 2. The van der Waals surface area contributed by atoms with E-state index in [1.807, 2.05) is 6.92 Å². The highest BCUT2D eigenvalue weighted by Crippen LogP contribution is 2.25. The van der Waals surface area contributed by atoms with Crippen LogP contribution in [0.4, 0.5) is 5.69 Å². The van der Waals surface area contributed by atoms with Crippen molar-refractivity contribution in [3.8, 4) is 5.75 Å². The van der Waals surface area contributed by atoms with Crippen molar-refractivity contribution in [1.29, 1.82) is 0 Å². The Hall–Kier alpha value is -1.79. The summed E-state index contributed by atoms with van der Waals surface area (Å²) in [5.74, 6) is 0.425. The van der Waals surface area contributed by atoms with Crippen LogP contribution in [0.15, 0.2) is 12.1 Å². The average molecular weight is 304 g/mol. The van der Waals surface area contributed by atoms with Gasteiger partial charge in [-0.15, -0.1) is 0 Å². The van der Waals surface area contributed by atoms with Crippen molar-refractivity contribution in [1.82, 2.24) is 15.1 Å². The summed E-state index contributed by atoms with van der Waals surface area (Å²) in [6.45, 7) is 7.13. The molecule has 0 saturated carbocycles. The van der Waals surface area contributed by atoms with Crippen molar-refractivity contribution < 1.29 is 9.53 Å². The van der Waals surface area contributed by atoms with Crippen LogP contribution in [0, 0.1) is 6.92 Å². The molecule has 3 atom stereocenters. The second kappa shape index (κ2) is 6.14. The van der Waals surface area contributed by atoms with E-state index in [1.54, 1.807) is 19.2 Å². The average Bonchev–Trinajstić information content (AvgIpc) is 3.12. The number of ether oxygens (including phenoxy) is 1. The first-order valence-corrected chi connectivity index (χ1v) is 7.77. The van der Waals surface area contributed by atoms with Crippen LogP contribution in [0.2, 0.25) is 0 Å². The van der Waals surface area contributed by atoms with Gasteiger partial charge in [0.2, 0.25) is 0 Å². The molecule has 0 aliphatic carbocycles. The van der Waals surface area contributed by atoms with Gasteiger partial charge in [0.1, 0.15) is 5.75 Å². The Balaban J connectivity index is 1.57. The number of rotatable bonds is 5. The molecule has 2 saturated heterocycles. The number of fused-ring (bicyclic) bond motifs is 2. The molecule has 1 aromatic carbocycles. The molecule has 6 nitrogen and oxygen atoms in total. The Morgan fingerprint density at radius 1 is 1.45 bits per heavy atom. The first-order chi connectivity index (χ1) is 10.6. The van der Waals surface area contributed by atoms with Crippen molar-refractivity contribution in [3.05, 3.63) is 23.3 Å². The molecule has 0 radical (unpaired) electrons. The number of nitrogens with two attached hydrogens (primary N) is 1. The molecule has 3 rings (SSSR count). The van der Waals surface area contributed by atoms with E-state index < -0.39 is 0 Å². The second-order valence-electron chi connectivity index (χ2n) is 6.14. The molecule has 120 valence electrons. The largest absolute Gasteiger partial charge is 0.496 e. The summed E-state index contributed by atoms with van der Waals surface area (Å²) in [7, 11) is 1.55. The fraction of sp³-hybridized carbons (Fsp3) is 0.562. The highest BCUT2D eigenvalue weighted by Gasteiger charge is 2.34. The molecule has 0 aromatic heterocycles. The summed E-state index contributed by atoms with van der Waals surface area (Å²) >= 11 is 0. The number of nitrogen functional groups attached to an aromatic ring is 1. The molecule has 3 unspecified atom stereocenters. The van der Waals surface area contributed by atoms with Crippen molar-refractivity contribution >= 4 is 11.6 Å². The van der Waals surface area contributed by atoms with Gasteiger partial charge in [0.05, 0.1) is 19.3 Å². The molecule has 1 aromatic rings. The Morgan fingerprint density at radius 2 is 2.27 bits per heavy atom. The lowest BCUT2D eigenvalue weighted by molar-refractivity contribution is 0.0946. The van der Waals surface area contributed by atoms with Crippen LogP contribution in [0.25, 0.3) is 0 Å². The number of carbonyl (C=O) groups is 1. The lowest BCUT2D eigenvalue weighted by Crippen LogP contribution is -2.38. The maximum absolute atomic E-state index is 12.4. The van der Waals surface area contributed by atoms with Gasteiger partial charge in [-0.1, -0.05) is 0 Å². The van der Waals surface area contributed by atoms with Gasteiger partial charge in [-0.05, 0) is 25.0 Å². The predicted octanol–water partition coefficient (Wildman–Crippen LogP) is 0.663. The van der Waals surface area contributed by atoms with Crippen molar-refractivity contribution in [2.45, 2.75) is 19.4 Å². The van der Waals surface area contributed by atoms with Crippen molar-refractivity contribution in [2.24, 2.45) is 0 Å². The standard InChI is InChI=1S/C16H24N4O2/c1-11-7-13(15(22-2)8-14(11)17)16(21)18-4-3-12-9-19-5-6-20(12)10-19/h7-8,12H,3-6,9-10,17H2,1-2H3,(H,18,21). The first kappa shape index (κ1) is 15.1. The van der Waals surface area contributed by atoms with Gasteiger partial charge in [-0.3, -0.25) is 14.6 Å². The van der Waals surface area contributed by atoms with Gasteiger partial charge < -0.3 is 15.8 Å². The van der Waals surface area contributed by atoms with Crippen LogP contribution >= 0.6 is 0 Å². The van der Waals surface area contributed by atoms with Crippen molar-refractivity contribution in [3.63, 3.8) is 0 Å². The number of piperazine rings is 1. The molecule has 6 heteroatoms. The number of amides is 1. The molecule has 0 spiro atoms. The third kappa shape index (κ3) is 2.89. The Morgan fingerprint density at radius 3 is 2.91 bits per heavy atom. The lowest BCUT2D eigenvalue weighted by atomic mass is 10.1. The van der Waals surface area contributed by atoms with E-state index in [-0.39, 0.29) is 5.91 Å². The summed E-state index contributed by atoms with van der Waals surface area (Å²) in [5, 5.41) is 3.00. The topological polar surface area (TPSA) is 70.8 Å². The molecular formula is C16H24N4O2. The zero-order valence-electron chi connectivity index (χ0n) is 13.3. The monoisotopic (exact) mass is 304 g/mol. The molecule has 2 fully saturated rings. The zero-order valence-corrected chi connectivity index (χ0v) is 13.3. The Labute approximate surface area is 131 Å². The maximum Gasteiger partial charge on any atom is 0.255 e. The van der Waals surface area contributed by atoms with E-state index in [2.05, 4.69) is 15.1 Å². The van der Waals surface area contributed by atoms with Crippen LogP contribution in [0.5, 0.6) is 5.75 Å². The van der Waals surface area contributed by atoms with Gasteiger partial charge in [0, 0.05) is 44.0 Å². The minimum absolute atomic E-state index is 0.0987. The summed E-state index contributed by atoms with van der Waals surface area (Å²) in [6.07, 6.45) is 0.985. The van der Waals surface area contributed by atoms with E-state index in [4.69, 9.17) is 10.5 Å². The molecule has 2 heterocycles. The fourth-order valence-electron chi connectivity index (χ4n) is 3.30. The molecule has 22 heavy (non-hydrogen) atoms. The highest BCUT2D eigenvalue weighted by molar-refractivity contribution is 5.97. The minimum atomic E-state index is -0.0987. The SMILES string of the molecule is COc1cc(N)c(C)cc1C(=O)NCCC1CN2CCN1C2. The van der Waals surface area contributed by atoms with Crippen LogP contribution in [0.1, 0.15) is 22.3 Å². The summed E-state index contributed by atoms with van der Waals surface area (Å²) in [6, 6.07) is 4.07. The second-order valence-corrected chi connectivity index (χ2v) is 6.14. The number of hydrogen-bond acceptors (Lipinski definition) is 5. The van der Waals surface area contributed by atoms with Crippen LogP contribution in [0.3, 0.4) is 0 Å². The number of hydrogen-bond donors (Lipinski definition) is 2. The highest BCUT2D eigenvalue weighted by atomic mass is 16.5. The van der Waals surface area contributed by atoms with E-state index in [9.17, 15) is 4.79 Å². The summed E-state index contributed by atoms with van der Waals surface area (Å²) in [5.41, 5.74) is 7.93. The third-order valence-corrected chi connectivity index (χ3v) is 4.67. The van der Waals surface area contributed by atoms with Crippen LogP contribution in [-0.4, -0.2) is 61.7 Å². The van der Waals surface area contributed by atoms with E-state index >= 15 is 0 Å². The number of carbonyl (C=O) groups excluding carboxylic acids is 1. The van der Waals surface area contributed by atoms with Gasteiger partial charge in [0.15, 0.2) is 0 Å². The number of aryl methyl sites for hydroxylation is 1. The molecule has 2 bridgehead atoms. The quantitative estimate of drug-likeness (QED) is 0.782. The number of benzene rings is 1. The number of nitrogens with one attached hydrogen (secondary N) is 1. The van der Waals surface area contributed by atoms with Gasteiger partial charge in [0.25, 0.3) is 5.91 Å². The predicted molar refractivity (Wildman–Crippen MR) is 86.0 cm³/mol. The molecular weight excluding hydrogens is 280 g/mol. The number of anilines is 1. The number of methoxy groups -OCH3 is 1. The van der Waals surface area contributed by atoms with E-state index in [0.29, 0.717) is 29.6 Å². The molecule has 3 N–H and O–H groups in total. The Bertz CT molecular complexity index is 576. The van der Waals surface area contributed by atoms with Crippen molar-refractivity contribution in [2.75, 3.05) is 45.7 Å². The van der Waals surface area contributed by atoms with Gasteiger partial charge in [-0.2, -0.15) is 0 Å². The van der Waals surface area contributed by atoms with Gasteiger partial charge in [-0.25, -0.2) is 0 Å². The smallest absolute Gasteiger partial charge is 0.255 e.